The topological polar surface area (TPSA) is 93.7 Å². The molecule has 2 aromatic heterocycles. The lowest BCUT2D eigenvalue weighted by atomic mass is 9.91. The van der Waals surface area contributed by atoms with Gasteiger partial charge in [0.2, 0.25) is 5.95 Å². The van der Waals surface area contributed by atoms with Crippen molar-refractivity contribution >= 4 is 34.0 Å². The summed E-state index contributed by atoms with van der Waals surface area (Å²) in [5.41, 5.74) is 2.63. The van der Waals surface area contributed by atoms with Crippen LogP contribution in [0.2, 0.25) is 0 Å². The van der Waals surface area contributed by atoms with E-state index in [0.717, 1.165) is 80.0 Å². The van der Waals surface area contributed by atoms with Gasteiger partial charge in [0.25, 0.3) is 0 Å². The lowest BCUT2D eigenvalue weighted by molar-refractivity contribution is -0.00121. The van der Waals surface area contributed by atoms with Crippen LogP contribution in [0.25, 0.3) is 10.9 Å². The van der Waals surface area contributed by atoms with Crippen LogP contribution in [-0.2, 0) is 4.74 Å². The van der Waals surface area contributed by atoms with Crippen molar-refractivity contribution in [2.45, 2.75) is 37.8 Å². The molecule has 2 aromatic carbocycles. The van der Waals surface area contributed by atoms with Crippen molar-refractivity contribution < 1.29 is 17.1 Å². The first-order chi connectivity index (χ1) is 19.2. The first kappa shape index (κ1) is 25.3. The Morgan fingerprint density at radius 3 is 2.59 bits per heavy atom. The average Bonchev–Trinajstić information content (AvgIpc) is 2.99. The molecule has 0 radical (unpaired) electrons. The van der Waals surface area contributed by atoms with Crippen LogP contribution in [0.1, 0.15) is 28.5 Å². The van der Waals surface area contributed by atoms with Gasteiger partial charge in [-0.2, -0.15) is 4.98 Å². The van der Waals surface area contributed by atoms with Crippen molar-refractivity contribution in [1.29, 1.82) is 0 Å². The predicted molar refractivity (Wildman–Crippen MR) is 157 cm³/mol. The maximum Gasteiger partial charge on any atom is 0.229 e. The SMILES string of the molecule is COc1cc(Nc2nccc(Nc3cnc4ccccc4c3)n2)ccc1OC1CCC(N2CCOCC2)CC1.[HH].[HH]. The number of hydrogen-bond acceptors (Lipinski definition) is 9. The maximum absolute atomic E-state index is 6.39. The number of benzene rings is 2. The Morgan fingerprint density at radius 1 is 0.897 bits per heavy atom. The fourth-order valence-corrected chi connectivity index (χ4v) is 5.40. The number of anilines is 4. The smallest absolute Gasteiger partial charge is 0.229 e. The number of nitrogens with one attached hydrogen (secondary N) is 2. The third-order valence-corrected chi connectivity index (χ3v) is 7.44. The van der Waals surface area contributed by atoms with Gasteiger partial charge in [-0.05, 0) is 56.0 Å². The molecule has 4 aromatic rings. The van der Waals surface area contributed by atoms with Gasteiger partial charge in [0.15, 0.2) is 11.5 Å². The summed E-state index contributed by atoms with van der Waals surface area (Å²) in [5.74, 6) is 2.60. The lowest BCUT2D eigenvalue weighted by Gasteiger charge is -2.38. The molecule has 6 rings (SSSR count). The molecule has 0 spiro atoms. The van der Waals surface area contributed by atoms with E-state index < -0.39 is 0 Å². The highest BCUT2D eigenvalue weighted by Crippen LogP contribution is 2.35. The summed E-state index contributed by atoms with van der Waals surface area (Å²) in [6, 6.07) is 18.4. The molecule has 1 aliphatic heterocycles. The first-order valence-electron chi connectivity index (χ1n) is 13.6. The average molecular weight is 531 g/mol. The molecule has 39 heavy (non-hydrogen) atoms. The molecule has 0 bridgehead atoms. The zero-order valence-electron chi connectivity index (χ0n) is 22.2. The first-order valence-corrected chi connectivity index (χ1v) is 13.6. The van der Waals surface area contributed by atoms with Gasteiger partial charge in [0, 0.05) is 45.3 Å². The number of morpholine rings is 1. The molecule has 2 fully saturated rings. The highest BCUT2D eigenvalue weighted by atomic mass is 16.5. The van der Waals surface area contributed by atoms with E-state index in [1.54, 1.807) is 19.5 Å². The number of aromatic nitrogens is 3. The quantitative estimate of drug-likeness (QED) is 0.283. The zero-order valence-corrected chi connectivity index (χ0v) is 22.2. The number of hydrogen-bond donors (Lipinski definition) is 2. The van der Waals surface area contributed by atoms with Gasteiger partial charge >= 0.3 is 0 Å². The molecule has 2 N–H and O–H groups in total. The Labute approximate surface area is 231 Å². The molecular formula is C30H38N6O3. The Balaban J connectivity index is 0.00000194. The van der Waals surface area contributed by atoms with Gasteiger partial charge in [0.05, 0.1) is 43.8 Å². The molecule has 1 aliphatic carbocycles. The van der Waals surface area contributed by atoms with Crippen LogP contribution < -0.4 is 20.1 Å². The van der Waals surface area contributed by atoms with Crippen molar-refractivity contribution in [1.82, 2.24) is 19.9 Å². The molecule has 0 atom stereocenters. The van der Waals surface area contributed by atoms with E-state index in [9.17, 15) is 0 Å². The van der Waals surface area contributed by atoms with E-state index >= 15 is 0 Å². The molecule has 1 saturated heterocycles. The second-order valence-corrected chi connectivity index (χ2v) is 9.99. The Bertz CT molecular complexity index is 1410. The van der Waals surface area contributed by atoms with Crippen molar-refractivity contribution in [3.8, 4) is 11.5 Å². The highest BCUT2D eigenvalue weighted by molar-refractivity contribution is 5.82. The van der Waals surface area contributed by atoms with Crippen LogP contribution in [0.5, 0.6) is 11.5 Å². The summed E-state index contributed by atoms with van der Waals surface area (Å²) in [5, 5.41) is 7.66. The fraction of sp³-hybridized carbons (Fsp3) is 0.367. The number of fused-ring (bicyclic) bond motifs is 1. The number of rotatable bonds is 8. The van der Waals surface area contributed by atoms with Gasteiger partial charge < -0.3 is 24.8 Å². The van der Waals surface area contributed by atoms with Crippen molar-refractivity contribution in [2.75, 3.05) is 44.0 Å². The summed E-state index contributed by atoms with van der Waals surface area (Å²) < 4.78 is 17.6. The fourth-order valence-electron chi connectivity index (χ4n) is 5.40. The number of pyridine rings is 1. The normalized spacial score (nSPS) is 19.9. The minimum atomic E-state index is 0. The van der Waals surface area contributed by atoms with Gasteiger partial charge in [0.1, 0.15) is 5.82 Å². The number of ether oxygens (including phenoxy) is 3. The summed E-state index contributed by atoms with van der Waals surface area (Å²) in [6.07, 6.45) is 8.12. The van der Waals surface area contributed by atoms with Gasteiger partial charge in [-0.15, -0.1) is 0 Å². The minimum absolute atomic E-state index is 0. The van der Waals surface area contributed by atoms with E-state index in [0.29, 0.717) is 23.6 Å². The van der Waals surface area contributed by atoms with Gasteiger partial charge in [-0.3, -0.25) is 9.88 Å². The van der Waals surface area contributed by atoms with E-state index in [-0.39, 0.29) is 8.96 Å². The van der Waals surface area contributed by atoms with E-state index in [1.165, 1.54) is 0 Å². The number of para-hydroxylation sites is 1. The standard InChI is InChI=1S/C30H34N6O3.2H2/c1-37-28-19-22(6-11-27(28)39-25-9-7-24(8-10-25)36-14-16-38-17-15-36)34-30-31-13-12-29(35-30)33-23-18-21-4-2-3-5-26(21)32-20-23;;/h2-6,11-13,18-20,24-25H,7-10,14-17H2,1H3,(H2,31,33,34,35);2*1H. The van der Waals surface area contributed by atoms with Crippen LogP contribution in [0.15, 0.2) is 67.0 Å². The molecule has 206 valence electrons. The summed E-state index contributed by atoms with van der Waals surface area (Å²) in [7, 11) is 1.67. The van der Waals surface area contributed by atoms with E-state index in [2.05, 4.69) is 36.6 Å². The third kappa shape index (κ3) is 6.21. The monoisotopic (exact) mass is 530 g/mol. The second kappa shape index (κ2) is 11.8. The molecule has 9 heteroatoms. The van der Waals surface area contributed by atoms with Crippen molar-refractivity contribution in [3.05, 3.63) is 67.0 Å². The lowest BCUT2D eigenvalue weighted by Crippen LogP contribution is -2.46. The second-order valence-electron chi connectivity index (χ2n) is 9.99. The third-order valence-electron chi connectivity index (χ3n) is 7.44. The molecule has 3 heterocycles. The van der Waals surface area contributed by atoms with Crippen LogP contribution in [0, 0.1) is 0 Å². The molecular weight excluding hydrogens is 492 g/mol. The summed E-state index contributed by atoms with van der Waals surface area (Å²) >= 11 is 0. The number of nitrogens with zero attached hydrogens (tertiary/aromatic N) is 4. The zero-order chi connectivity index (χ0) is 26.4. The molecule has 0 unspecified atom stereocenters. The summed E-state index contributed by atoms with van der Waals surface area (Å²) in [6.45, 7) is 3.78. The molecule has 0 amide bonds. The Kier molecular flexibility index (Phi) is 7.69. The molecule has 2 aliphatic rings. The minimum Gasteiger partial charge on any atom is -0.493 e. The summed E-state index contributed by atoms with van der Waals surface area (Å²) in [4.78, 5) is 16.1. The van der Waals surface area contributed by atoms with Crippen LogP contribution in [0.3, 0.4) is 0 Å². The Morgan fingerprint density at radius 2 is 1.74 bits per heavy atom. The predicted octanol–water partition coefficient (Wildman–Crippen LogP) is 6.03. The van der Waals surface area contributed by atoms with Crippen LogP contribution in [-0.4, -0.2) is 65.4 Å². The largest absolute Gasteiger partial charge is 0.493 e. The highest BCUT2D eigenvalue weighted by Gasteiger charge is 2.28. The van der Waals surface area contributed by atoms with Crippen LogP contribution in [0.4, 0.5) is 23.1 Å². The van der Waals surface area contributed by atoms with E-state index in [1.807, 2.05) is 48.5 Å². The maximum atomic E-state index is 6.39. The number of methoxy groups -OCH3 is 1. The van der Waals surface area contributed by atoms with Gasteiger partial charge in [-0.25, -0.2) is 4.98 Å². The van der Waals surface area contributed by atoms with Crippen molar-refractivity contribution in [3.63, 3.8) is 0 Å². The Hall–Kier alpha value is -3.95. The molecule has 1 saturated carbocycles. The van der Waals surface area contributed by atoms with Crippen molar-refractivity contribution in [2.24, 2.45) is 0 Å². The van der Waals surface area contributed by atoms with Crippen LogP contribution >= 0.6 is 0 Å². The van der Waals surface area contributed by atoms with Gasteiger partial charge in [-0.1, -0.05) is 18.2 Å². The molecule has 9 nitrogen and oxygen atoms in total. The van der Waals surface area contributed by atoms with E-state index in [4.69, 9.17) is 14.2 Å².